The van der Waals surface area contributed by atoms with Gasteiger partial charge in [-0.1, -0.05) is 60.1 Å². The van der Waals surface area contributed by atoms with E-state index in [1.54, 1.807) is 0 Å². The predicted octanol–water partition coefficient (Wildman–Crippen LogP) is 3.67. The molecule has 0 atom stereocenters. The average molecular weight is 460 g/mol. The van der Waals surface area contributed by atoms with Crippen LogP contribution in [-0.4, -0.2) is 69.8 Å². The first-order valence-electron chi connectivity index (χ1n) is 10.9. The molecule has 2 fully saturated rings. The standard InChI is InChI=1S/C22H29N5O2S2/c1-16-7-9-17(10-8-16)23-20(29)21-24-25-22(31-21)30-15-19(28)27-13-11-26(12-14-27)18-5-3-2-4-6-18/h7-10,18H,2-6,11-15H2,1H3,(H,23,29). The minimum Gasteiger partial charge on any atom is -0.339 e. The molecular weight excluding hydrogens is 430 g/mol. The molecule has 0 radical (unpaired) electrons. The molecule has 31 heavy (non-hydrogen) atoms. The number of hydrogen-bond donors (Lipinski definition) is 1. The second-order valence-corrected chi connectivity index (χ2v) is 10.4. The van der Waals surface area contributed by atoms with Crippen molar-refractivity contribution in [2.24, 2.45) is 0 Å². The molecule has 1 aromatic heterocycles. The van der Waals surface area contributed by atoms with Crippen LogP contribution in [0, 0.1) is 6.92 Å². The normalized spacial score (nSPS) is 18.2. The Labute approximate surface area is 191 Å². The number of benzene rings is 1. The highest BCUT2D eigenvalue weighted by Gasteiger charge is 2.27. The Morgan fingerprint density at radius 2 is 1.77 bits per heavy atom. The van der Waals surface area contributed by atoms with Gasteiger partial charge in [-0.2, -0.15) is 0 Å². The molecule has 1 aromatic carbocycles. The number of hydrogen-bond acceptors (Lipinski definition) is 7. The summed E-state index contributed by atoms with van der Waals surface area (Å²) in [5, 5.41) is 11.2. The molecular formula is C22H29N5O2S2. The topological polar surface area (TPSA) is 78.4 Å². The first kappa shape index (κ1) is 22.2. The van der Waals surface area contributed by atoms with E-state index in [2.05, 4.69) is 20.4 Å². The zero-order valence-corrected chi connectivity index (χ0v) is 19.5. The number of thioether (sulfide) groups is 1. The molecule has 2 aliphatic rings. The van der Waals surface area contributed by atoms with E-state index in [1.807, 2.05) is 36.1 Å². The highest BCUT2D eigenvalue weighted by atomic mass is 32.2. The second kappa shape index (κ2) is 10.6. The van der Waals surface area contributed by atoms with Gasteiger partial charge < -0.3 is 10.2 Å². The van der Waals surface area contributed by atoms with E-state index in [9.17, 15) is 9.59 Å². The van der Waals surface area contributed by atoms with Crippen molar-refractivity contribution in [3.8, 4) is 0 Å². The lowest BCUT2D eigenvalue weighted by molar-refractivity contribution is -0.130. The number of aromatic nitrogens is 2. The Morgan fingerprint density at radius 1 is 1.06 bits per heavy atom. The zero-order chi connectivity index (χ0) is 21.6. The van der Waals surface area contributed by atoms with E-state index >= 15 is 0 Å². The lowest BCUT2D eigenvalue weighted by Gasteiger charge is -2.40. The van der Waals surface area contributed by atoms with Crippen LogP contribution in [0.4, 0.5) is 5.69 Å². The second-order valence-electron chi connectivity index (χ2n) is 8.19. The largest absolute Gasteiger partial charge is 0.339 e. The summed E-state index contributed by atoms with van der Waals surface area (Å²) in [6, 6.07) is 8.31. The Bertz CT molecular complexity index is 888. The third-order valence-electron chi connectivity index (χ3n) is 5.99. The van der Waals surface area contributed by atoms with Gasteiger partial charge >= 0.3 is 0 Å². The first-order chi connectivity index (χ1) is 15.1. The smallest absolute Gasteiger partial charge is 0.286 e. The van der Waals surface area contributed by atoms with E-state index in [1.165, 1.54) is 55.2 Å². The molecule has 0 bridgehead atoms. The molecule has 9 heteroatoms. The maximum absolute atomic E-state index is 12.6. The highest BCUT2D eigenvalue weighted by Crippen LogP contribution is 2.25. The van der Waals surface area contributed by atoms with Crippen LogP contribution in [0.2, 0.25) is 0 Å². The van der Waals surface area contributed by atoms with Gasteiger partial charge in [-0.25, -0.2) is 0 Å². The third kappa shape index (κ3) is 6.05. The summed E-state index contributed by atoms with van der Waals surface area (Å²) < 4.78 is 0.642. The quantitative estimate of drug-likeness (QED) is 0.664. The van der Waals surface area contributed by atoms with Crippen molar-refractivity contribution in [2.45, 2.75) is 49.4 Å². The molecule has 2 amide bonds. The lowest BCUT2D eigenvalue weighted by Crippen LogP contribution is -2.52. The number of carbonyl (C=O) groups is 2. The maximum atomic E-state index is 12.6. The van der Waals surface area contributed by atoms with Crippen LogP contribution in [0.1, 0.15) is 47.5 Å². The third-order valence-corrected chi connectivity index (χ3v) is 8.03. The summed E-state index contributed by atoms with van der Waals surface area (Å²) >= 11 is 2.58. The number of rotatable bonds is 6. The summed E-state index contributed by atoms with van der Waals surface area (Å²) in [4.78, 5) is 29.5. The van der Waals surface area contributed by atoms with Crippen LogP contribution in [0.5, 0.6) is 0 Å². The van der Waals surface area contributed by atoms with E-state index in [-0.39, 0.29) is 11.8 Å². The van der Waals surface area contributed by atoms with Gasteiger partial charge in [0, 0.05) is 37.9 Å². The van der Waals surface area contributed by atoms with Crippen LogP contribution in [0.25, 0.3) is 0 Å². The minimum absolute atomic E-state index is 0.133. The van der Waals surface area contributed by atoms with Crippen molar-refractivity contribution in [1.29, 1.82) is 0 Å². The Balaban J connectivity index is 1.21. The van der Waals surface area contributed by atoms with Gasteiger partial charge in [0.1, 0.15) is 0 Å². The summed E-state index contributed by atoms with van der Waals surface area (Å²) in [7, 11) is 0. The Morgan fingerprint density at radius 3 is 2.48 bits per heavy atom. The van der Waals surface area contributed by atoms with Crippen molar-refractivity contribution in [1.82, 2.24) is 20.0 Å². The average Bonchev–Trinajstić information content (AvgIpc) is 3.29. The number of nitrogens with zero attached hydrogens (tertiary/aromatic N) is 4. The first-order valence-corrected chi connectivity index (χ1v) is 12.7. The molecule has 1 aliphatic heterocycles. The van der Waals surface area contributed by atoms with Crippen LogP contribution in [-0.2, 0) is 4.79 Å². The van der Waals surface area contributed by atoms with Crippen LogP contribution < -0.4 is 5.32 Å². The van der Waals surface area contributed by atoms with Crippen LogP contribution in [0.3, 0.4) is 0 Å². The molecule has 1 aliphatic carbocycles. The number of amides is 2. The molecule has 2 heterocycles. The lowest BCUT2D eigenvalue weighted by atomic mass is 9.94. The molecule has 4 rings (SSSR count). The van der Waals surface area contributed by atoms with Crippen molar-refractivity contribution in [2.75, 3.05) is 37.2 Å². The molecule has 1 saturated carbocycles. The van der Waals surface area contributed by atoms with Gasteiger partial charge in [0.2, 0.25) is 10.9 Å². The SMILES string of the molecule is Cc1ccc(NC(=O)c2nnc(SCC(=O)N3CCN(C4CCCCC4)CC3)s2)cc1. The molecule has 2 aromatic rings. The van der Waals surface area contributed by atoms with E-state index in [0.29, 0.717) is 21.1 Å². The predicted molar refractivity (Wildman–Crippen MR) is 125 cm³/mol. The monoisotopic (exact) mass is 459 g/mol. The van der Waals surface area contributed by atoms with Gasteiger partial charge in [0.15, 0.2) is 4.34 Å². The number of aryl methyl sites for hydroxylation is 1. The van der Waals surface area contributed by atoms with Gasteiger partial charge in [-0.05, 0) is 31.9 Å². The molecule has 0 unspecified atom stereocenters. The molecule has 0 spiro atoms. The van der Waals surface area contributed by atoms with Gasteiger partial charge in [0.05, 0.1) is 5.75 Å². The Hall–Kier alpha value is -1.97. The summed E-state index contributed by atoms with van der Waals surface area (Å²) in [5.41, 5.74) is 1.86. The molecule has 1 N–H and O–H groups in total. The summed E-state index contributed by atoms with van der Waals surface area (Å²) in [6.07, 6.45) is 6.66. The molecule has 1 saturated heterocycles. The maximum Gasteiger partial charge on any atom is 0.286 e. The number of anilines is 1. The van der Waals surface area contributed by atoms with Gasteiger partial charge in [-0.3, -0.25) is 14.5 Å². The fraction of sp³-hybridized carbons (Fsp3) is 0.545. The van der Waals surface area contributed by atoms with E-state index in [4.69, 9.17) is 0 Å². The summed E-state index contributed by atoms with van der Waals surface area (Å²) in [5.74, 6) is 0.185. The van der Waals surface area contributed by atoms with Crippen molar-refractivity contribution in [3.63, 3.8) is 0 Å². The van der Waals surface area contributed by atoms with Crippen LogP contribution >= 0.6 is 23.1 Å². The highest BCUT2D eigenvalue weighted by molar-refractivity contribution is 8.01. The fourth-order valence-electron chi connectivity index (χ4n) is 4.18. The Kier molecular flexibility index (Phi) is 7.58. The number of nitrogens with one attached hydrogen (secondary N) is 1. The zero-order valence-electron chi connectivity index (χ0n) is 17.9. The molecule has 7 nitrogen and oxygen atoms in total. The number of carbonyl (C=O) groups excluding carboxylic acids is 2. The summed E-state index contributed by atoms with van der Waals surface area (Å²) in [6.45, 7) is 5.55. The van der Waals surface area contributed by atoms with Crippen molar-refractivity contribution >= 4 is 40.6 Å². The van der Waals surface area contributed by atoms with E-state index in [0.717, 1.165) is 37.4 Å². The minimum atomic E-state index is -0.279. The van der Waals surface area contributed by atoms with Crippen molar-refractivity contribution < 1.29 is 9.59 Å². The van der Waals surface area contributed by atoms with E-state index < -0.39 is 0 Å². The molecule has 166 valence electrons. The van der Waals surface area contributed by atoms with Crippen LogP contribution in [0.15, 0.2) is 28.6 Å². The van der Waals surface area contributed by atoms with Gasteiger partial charge in [0.25, 0.3) is 5.91 Å². The number of piperazine rings is 1. The fourth-order valence-corrected chi connectivity index (χ4v) is 5.83. The van der Waals surface area contributed by atoms with Crippen molar-refractivity contribution in [3.05, 3.63) is 34.8 Å². The van der Waals surface area contributed by atoms with Gasteiger partial charge in [-0.15, -0.1) is 10.2 Å².